The number of halogens is 1. The first-order valence-corrected chi connectivity index (χ1v) is 11.0. The number of rotatable bonds is 5. The molecule has 2 aromatic carbocycles. The fraction of sp³-hybridized carbons (Fsp3) is 0.111. The molecular weight excluding hydrogens is 420 g/mol. The molecule has 0 saturated heterocycles. The van der Waals surface area contributed by atoms with E-state index in [0.29, 0.717) is 32.4 Å². The lowest BCUT2D eigenvalue weighted by atomic mass is 10.1. The molecule has 0 bridgehead atoms. The van der Waals surface area contributed by atoms with Gasteiger partial charge in [-0.25, -0.2) is 18.4 Å². The van der Waals surface area contributed by atoms with Gasteiger partial charge in [0, 0.05) is 16.0 Å². The van der Waals surface area contributed by atoms with E-state index < -0.39 is 9.84 Å². The summed E-state index contributed by atoms with van der Waals surface area (Å²) in [5.41, 5.74) is 3.39. The molecule has 4 aromatic rings. The summed E-state index contributed by atoms with van der Waals surface area (Å²) in [5, 5.41) is 9.18. The van der Waals surface area contributed by atoms with E-state index in [0.717, 1.165) is 5.56 Å². The molecule has 0 aliphatic heterocycles. The Kier molecular flexibility index (Phi) is 4.96. The molecule has 0 fully saturated rings. The molecule has 0 amide bonds. The molecule has 0 aliphatic rings. The zero-order valence-electron chi connectivity index (χ0n) is 14.5. The van der Waals surface area contributed by atoms with Crippen LogP contribution in [0.4, 0.5) is 0 Å². The number of nitrogens with zero attached hydrogens (tertiary/aromatic N) is 4. The van der Waals surface area contributed by atoms with Gasteiger partial charge in [0.1, 0.15) is 28.3 Å². The van der Waals surface area contributed by atoms with Crippen molar-refractivity contribution in [3.8, 4) is 17.0 Å². The van der Waals surface area contributed by atoms with Gasteiger partial charge in [-0.05, 0) is 36.4 Å². The van der Waals surface area contributed by atoms with Gasteiger partial charge in [0.05, 0.1) is 23.2 Å². The van der Waals surface area contributed by atoms with Crippen LogP contribution in [0, 0.1) is 0 Å². The maximum Gasteiger partial charge on any atom is 0.185 e. The van der Waals surface area contributed by atoms with Crippen LogP contribution in [0.15, 0.2) is 53.1 Å². The fourth-order valence-corrected chi connectivity index (χ4v) is 5.14. The highest BCUT2D eigenvalue weighted by atomic mass is 35.5. The van der Waals surface area contributed by atoms with Gasteiger partial charge in [-0.15, -0.1) is 21.5 Å². The van der Waals surface area contributed by atoms with E-state index in [1.54, 1.807) is 37.4 Å². The van der Waals surface area contributed by atoms with Crippen LogP contribution in [0.3, 0.4) is 0 Å². The van der Waals surface area contributed by atoms with Gasteiger partial charge in [-0.3, -0.25) is 0 Å². The Labute approximate surface area is 169 Å². The second kappa shape index (κ2) is 7.42. The predicted molar refractivity (Wildman–Crippen MR) is 107 cm³/mol. The molecule has 7 nitrogen and oxygen atoms in total. The Bertz CT molecular complexity index is 1260. The Morgan fingerprint density at radius 2 is 2.00 bits per heavy atom. The fourth-order valence-electron chi connectivity index (χ4n) is 2.81. The first-order chi connectivity index (χ1) is 13.5. The first kappa shape index (κ1) is 18.7. The normalized spacial score (nSPS) is 11.6. The topological polar surface area (TPSA) is 94.9 Å². The molecular formula is C18H13ClN4O3S2. The van der Waals surface area contributed by atoms with Crippen LogP contribution < -0.4 is 4.74 Å². The van der Waals surface area contributed by atoms with Crippen molar-refractivity contribution in [1.29, 1.82) is 0 Å². The molecule has 0 unspecified atom stereocenters. The van der Waals surface area contributed by atoms with Gasteiger partial charge in [-0.1, -0.05) is 11.6 Å². The standard InChI is InChI=1S/C18H13ClN4O3S2/c1-26-16-6-11(19)2-4-14(16)18-13-5-3-12(7-15(13)20-9-21-18)28(24,25)8-17-23-22-10-27-17/h2-7,9-10H,8H2,1H3. The third-order valence-electron chi connectivity index (χ3n) is 4.10. The first-order valence-electron chi connectivity index (χ1n) is 8.04. The van der Waals surface area contributed by atoms with Crippen LogP contribution in [0.25, 0.3) is 22.2 Å². The number of sulfone groups is 1. The van der Waals surface area contributed by atoms with E-state index in [9.17, 15) is 8.42 Å². The lowest BCUT2D eigenvalue weighted by Crippen LogP contribution is -2.05. The van der Waals surface area contributed by atoms with Crippen molar-refractivity contribution < 1.29 is 13.2 Å². The number of hydrogen-bond donors (Lipinski definition) is 0. The summed E-state index contributed by atoms with van der Waals surface area (Å²) in [6, 6.07) is 10.0. The molecule has 0 spiro atoms. The minimum absolute atomic E-state index is 0.169. The van der Waals surface area contributed by atoms with Gasteiger partial charge in [0.25, 0.3) is 0 Å². The van der Waals surface area contributed by atoms with Crippen molar-refractivity contribution in [2.45, 2.75) is 10.6 Å². The predicted octanol–water partition coefficient (Wildman–Crippen LogP) is 3.78. The molecule has 0 radical (unpaired) electrons. The Morgan fingerprint density at radius 3 is 2.75 bits per heavy atom. The summed E-state index contributed by atoms with van der Waals surface area (Å²) in [5.74, 6) is 0.368. The van der Waals surface area contributed by atoms with Gasteiger partial charge in [-0.2, -0.15) is 0 Å². The zero-order valence-corrected chi connectivity index (χ0v) is 16.9. The summed E-state index contributed by atoms with van der Waals surface area (Å²) in [6.45, 7) is 0. The second-order valence-electron chi connectivity index (χ2n) is 5.84. The van der Waals surface area contributed by atoms with Crippen molar-refractivity contribution >= 4 is 43.7 Å². The second-order valence-corrected chi connectivity index (χ2v) is 9.18. The number of hydrogen-bond acceptors (Lipinski definition) is 8. The molecule has 0 atom stereocenters. The molecule has 142 valence electrons. The average Bonchev–Trinajstić information content (AvgIpc) is 3.19. The van der Waals surface area contributed by atoms with Crippen LogP contribution in [-0.4, -0.2) is 35.7 Å². The third kappa shape index (κ3) is 3.56. The van der Waals surface area contributed by atoms with E-state index in [4.69, 9.17) is 16.3 Å². The minimum atomic E-state index is -3.57. The van der Waals surface area contributed by atoms with Gasteiger partial charge in [0.2, 0.25) is 0 Å². The highest BCUT2D eigenvalue weighted by molar-refractivity contribution is 7.90. The van der Waals surface area contributed by atoms with E-state index in [1.165, 1.54) is 23.2 Å². The van der Waals surface area contributed by atoms with Crippen LogP contribution in [0.5, 0.6) is 5.75 Å². The SMILES string of the molecule is COc1cc(Cl)ccc1-c1ncnc2cc(S(=O)(=O)Cc3nncs3)ccc12. The Hall–Kier alpha value is -2.62. The molecule has 0 N–H and O–H groups in total. The smallest absolute Gasteiger partial charge is 0.185 e. The third-order valence-corrected chi connectivity index (χ3v) is 6.85. The number of fused-ring (bicyclic) bond motifs is 1. The van der Waals surface area contributed by atoms with Crippen molar-refractivity contribution in [2.24, 2.45) is 0 Å². The highest BCUT2D eigenvalue weighted by Gasteiger charge is 2.19. The van der Waals surface area contributed by atoms with E-state index in [-0.39, 0.29) is 10.6 Å². The largest absolute Gasteiger partial charge is 0.496 e. The van der Waals surface area contributed by atoms with Gasteiger partial charge >= 0.3 is 0 Å². The highest BCUT2D eigenvalue weighted by Crippen LogP contribution is 2.35. The molecule has 4 rings (SSSR count). The Morgan fingerprint density at radius 1 is 1.14 bits per heavy atom. The minimum Gasteiger partial charge on any atom is -0.496 e. The summed E-state index contributed by atoms with van der Waals surface area (Å²) < 4.78 is 30.8. The van der Waals surface area contributed by atoms with Crippen molar-refractivity contribution in [3.63, 3.8) is 0 Å². The molecule has 2 heterocycles. The van der Waals surface area contributed by atoms with E-state index in [1.807, 2.05) is 6.07 Å². The van der Waals surface area contributed by atoms with Crippen LogP contribution in [0.2, 0.25) is 5.02 Å². The average molecular weight is 433 g/mol. The summed E-state index contributed by atoms with van der Waals surface area (Å²) >= 11 is 7.24. The lowest BCUT2D eigenvalue weighted by Gasteiger charge is -2.11. The van der Waals surface area contributed by atoms with Crippen LogP contribution >= 0.6 is 22.9 Å². The van der Waals surface area contributed by atoms with Crippen molar-refractivity contribution in [3.05, 3.63) is 58.3 Å². The summed E-state index contributed by atoms with van der Waals surface area (Å²) in [4.78, 5) is 8.78. The molecule has 0 saturated carbocycles. The maximum absolute atomic E-state index is 12.7. The summed E-state index contributed by atoms with van der Waals surface area (Å²) in [6.07, 6.45) is 1.40. The van der Waals surface area contributed by atoms with E-state index >= 15 is 0 Å². The maximum atomic E-state index is 12.7. The van der Waals surface area contributed by atoms with Crippen molar-refractivity contribution in [2.75, 3.05) is 7.11 Å². The number of benzene rings is 2. The van der Waals surface area contributed by atoms with Gasteiger partial charge in [0.15, 0.2) is 9.84 Å². The number of aromatic nitrogens is 4. The zero-order chi connectivity index (χ0) is 19.7. The molecule has 28 heavy (non-hydrogen) atoms. The number of ether oxygens (including phenoxy) is 1. The molecule has 10 heteroatoms. The summed E-state index contributed by atoms with van der Waals surface area (Å²) in [7, 11) is -2.01. The lowest BCUT2D eigenvalue weighted by molar-refractivity contribution is 0.416. The van der Waals surface area contributed by atoms with E-state index in [2.05, 4.69) is 20.2 Å². The van der Waals surface area contributed by atoms with Gasteiger partial charge < -0.3 is 4.74 Å². The molecule has 2 aromatic heterocycles. The number of methoxy groups -OCH3 is 1. The van der Waals surface area contributed by atoms with Crippen molar-refractivity contribution in [1.82, 2.24) is 20.2 Å². The Balaban J connectivity index is 1.81. The quantitative estimate of drug-likeness (QED) is 0.473. The monoisotopic (exact) mass is 432 g/mol. The van der Waals surface area contributed by atoms with Crippen LogP contribution in [-0.2, 0) is 15.6 Å². The van der Waals surface area contributed by atoms with Crippen LogP contribution in [0.1, 0.15) is 5.01 Å². The molecule has 0 aliphatic carbocycles.